The number of anilines is 1. The summed E-state index contributed by atoms with van der Waals surface area (Å²) in [5, 5.41) is 3.28. The van der Waals surface area contributed by atoms with Gasteiger partial charge in [-0.3, -0.25) is 4.21 Å². The van der Waals surface area contributed by atoms with Crippen LogP contribution in [0.2, 0.25) is 0 Å². The highest BCUT2D eigenvalue weighted by molar-refractivity contribution is 7.84. The van der Waals surface area contributed by atoms with E-state index in [1.165, 1.54) is 24.0 Å². The van der Waals surface area contributed by atoms with Crippen LogP contribution in [-0.4, -0.2) is 16.4 Å². The fraction of sp³-hybridized carbons (Fsp3) is 0.350. The Morgan fingerprint density at radius 3 is 2.60 bits per heavy atom. The van der Waals surface area contributed by atoms with Crippen LogP contribution in [0.15, 0.2) is 52.4 Å². The summed E-state index contributed by atoms with van der Waals surface area (Å²) in [5.74, 6) is 0.426. The van der Waals surface area contributed by atoms with E-state index in [9.17, 15) is 4.21 Å². The molecule has 0 saturated carbocycles. The first-order valence-corrected chi connectivity index (χ1v) is 10.2. The molecule has 0 spiro atoms. The fourth-order valence-electron chi connectivity index (χ4n) is 3.29. The first-order chi connectivity index (χ1) is 12.0. The molecule has 2 aromatic carbocycles. The molecule has 4 nitrogen and oxygen atoms in total. The Bertz CT molecular complexity index is 799. The van der Waals surface area contributed by atoms with Crippen LogP contribution in [0.1, 0.15) is 42.5 Å². The van der Waals surface area contributed by atoms with Gasteiger partial charge in [0.1, 0.15) is 0 Å². The van der Waals surface area contributed by atoms with Gasteiger partial charge in [-0.25, -0.2) is 4.99 Å². The Morgan fingerprint density at radius 1 is 1.16 bits per heavy atom. The number of hydrogen-bond donors (Lipinski definition) is 2. The van der Waals surface area contributed by atoms with E-state index in [1.54, 1.807) is 6.26 Å². The lowest BCUT2D eigenvalue weighted by molar-refractivity contribution is 0.686. The highest BCUT2D eigenvalue weighted by Crippen LogP contribution is 2.28. The Morgan fingerprint density at radius 2 is 1.88 bits per heavy atom. The Hall–Kier alpha value is -2.14. The Kier molecular flexibility index (Phi) is 5.53. The van der Waals surface area contributed by atoms with Crippen LogP contribution in [0.4, 0.5) is 5.69 Å². The van der Waals surface area contributed by atoms with E-state index in [0.29, 0.717) is 5.96 Å². The van der Waals surface area contributed by atoms with E-state index in [0.717, 1.165) is 29.0 Å². The highest BCUT2D eigenvalue weighted by Gasteiger charge is 2.13. The first-order valence-electron chi connectivity index (χ1n) is 8.69. The molecule has 2 unspecified atom stereocenters. The van der Waals surface area contributed by atoms with Gasteiger partial charge in [-0.05, 0) is 67.5 Å². The molecule has 3 N–H and O–H groups in total. The molecule has 2 aromatic rings. The second-order valence-electron chi connectivity index (χ2n) is 6.49. The highest BCUT2D eigenvalue weighted by atomic mass is 32.2. The van der Waals surface area contributed by atoms with Gasteiger partial charge in [0, 0.05) is 27.6 Å². The quantitative estimate of drug-likeness (QED) is 0.648. The molecule has 3 rings (SSSR count). The van der Waals surface area contributed by atoms with Crippen molar-refractivity contribution in [1.29, 1.82) is 0 Å². The van der Waals surface area contributed by atoms with Crippen molar-refractivity contribution in [3.05, 3.63) is 59.2 Å². The number of nitrogens with zero attached hydrogens (tertiary/aromatic N) is 1. The first kappa shape index (κ1) is 17.7. The van der Waals surface area contributed by atoms with Crippen molar-refractivity contribution in [3.63, 3.8) is 0 Å². The van der Waals surface area contributed by atoms with Crippen LogP contribution in [0.3, 0.4) is 0 Å². The van der Waals surface area contributed by atoms with Crippen molar-refractivity contribution in [2.24, 2.45) is 10.7 Å². The molecule has 0 fully saturated rings. The molecule has 0 heterocycles. The largest absolute Gasteiger partial charge is 0.370 e. The maximum absolute atomic E-state index is 11.5. The molecule has 0 aliphatic heterocycles. The second kappa shape index (κ2) is 7.83. The number of aryl methyl sites for hydroxylation is 1. The summed E-state index contributed by atoms with van der Waals surface area (Å²) < 4.78 is 11.5. The van der Waals surface area contributed by atoms with E-state index in [1.807, 2.05) is 31.2 Å². The molecule has 5 heteroatoms. The van der Waals surface area contributed by atoms with Gasteiger partial charge in [-0.15, -0.1) is 0 Å². The molecular weight excluding hydrogens is 330 g/mol. The van der Waals surface area contributed by atoms with E-state index in [2.05, 4.69) is 28.5 Å². The van der Waals surface area contributed by atoms with Gasteiger partial charge in [0.15, 0.2) is 5.96 Å². The van der Waals surface area contributed by atoms with Crippen LogP contribution >= 0.6 is 0 Å². The number of hydrogen-bond acceptors (Lipinski definition) is 2. The molecule has 0 radical (unpaired) electrons. The average molecular weight is 356 g/mol. The second-order valence-corrected chi connectivity index (χ2v) is 7.87. The molecular formula is C20H25N3OS. The number of nitrogens with one attached hydrogen (secondary N) is 1. The number of fused-ring (bicyclic) bond motifs is 1. The van der Waals surface area contributed by atoms with Gasteiger partial charge in [0.25, 0.3) is 0 Å². The molecule has 0 saturated heterocycles. The standard InChI is InChI=1S/C20H25N3OS/c1-14(15-10-12-17(13-11-15)25(2)24)22-20(21)23-19-9-5-7-16-6-3-4-8-18(16)19/h5,7,9-14H,3-4,6,8H2,1-2H3,(H3,21,22,23). The van der Waals surface area contributed by atoms with Crippen LogP contribution in [0.25, 0.3) is 0 Å². The minimum absolute atomic E-state index is 0.0635. The summed E-state index contributed by atoms with van der Waals surface area (Å²) in [4.78, 5) is 5.39. The molecule has 0 aromatic heterocycles. The molecule has 132 valence electrons. The Labute approximate surface area is 152 Å². The summed E-state index contributed by atoms with van der Waals surface area (Å²) >= 11 is 0. The molecule has 0 amide bonds. The van der Waals surface area contributed by atoms with Crippen molar-refractivity contribution in [1.82, 2.24) is 0 Å². The number of aliphatic imine (C=N–C) groups is 1. The van der Waals surface area contributed by atoms with Crippen LogP contribution in [0.5, 0.6) is 0 Å². The Balaban J connectivity index is 1.74. The minimum atomic E-state index is -0.962. The average Bonchev–Trinajstić information content (AvgIpc) is 2.62. The summed E-state index contributed by atoms with van der Waals surface area (Å²) in [6.07, 6.45) is 6.40. The normalized spacial score (nSPS) is 16.8. The molecule has 1 aliphatic rings. The van der Waals surface area contributed by atoms with Crippen LogP contribution in [0, 0.1) is 0 Å². The molecule has 2 atom stereocenters. The van der Waals surface area contributed by atoms with Crippen LogP contribution in [-0.2, 0) is 23.6 Å². The van der Waals surface area contributed by atoms with Gasteiger partial charge in [-0.1, -0.05) is 24.3 Å². The summed E-state index contributed by atoms with van der Waals surface area (Å²) in [5.41, 5.74) is 11.1. The fourth-order valence-corrected chi connectivity index (χ4v) is 3.81. The third-order valence-electron chi connectivity index (χ3n) is 4.69. The topological polar surface area (TPSA) is 67.5 Å². The van der Waals surface area contributed by atoms with Crippen molar-refractivity contribution >= 4 is 22.4 Å². The number of nitrogens with two attached hydrogens (primary N) is 1. The number of rotatable bonds is 4. The minimum Gasteiger partial charge on any atom is -0.370 e. The molecule has 25 heavy (non-hydrogen) atoms. The maximum atomic E-state index is 11.5. The van der Waals surface area contributed by atoms with Gasteiger partial charge in [0.2, 0.25) is 0 Å². The van der Waals surface area contributed by atoms with E-state index in [-0.39, 0.29) is 6.04 Å². The van der Waals surface area contributed by atoms with Crippen molar-refractivity contribution in [2.75, 3.05) is 11.6 Å². The van der Waals surface area contributed by atoms with E-state index < -0.39 is 10.8 Å². The summed E-state index contributed by atoms with van der Waals surface area (Å²) in [6.45, 7) is 2.01. The van der Waals surface area contributed by atoms with Crippen molar-refractivity contribution in [2.45, 2.75) is 43.5 Å². The van der Waals surface area contributed by atoms with E-state index in [4.69, 9.17) is 5.73 Å². The van der Waals surface area contributed by atoms with Gasteiger partial charge in [-0.2, -0.15) is 0 Å². The monoisotopic (exact) mass is 355 g/mol. The lowest BCUT2D eigenvalue weighted by atomic mass is 9.90. The van der Waals surface area contributed by atoms with E-state index >= 15 is 0 Å². The number of benzene rings is 2. The zero-order valence-corrected chi connectivity index (χ0v) is 15.6. The zero-order valence-electron chi connectivity index (χ0n) is 14.8. The predicted octanol–water partition coefficient (Wildman–Crippen LogP) is 3.79. The predicted molar refractivity (Wildman–Crippen MR) is 106 cm³/mol. The van der Waals surface area contributed by atoms with Gasteiger partial charge in [0.05, 0.1) is 6.04 Å². The molecule has 1 aliphatic carbocycles. The third-order valence-corrected chi connectivity index (χ3v) is 5.62. The summed E-state index contributed by atoms with van der Waals surface area (Å²) in [7, 11) is -0.962. The number of guanidine groups is 1. The smallest absolute Gasteiger partial charge is 0.193 e. The lowest BCUT2D eigenvalue weighted by Gasteiger charge is -2.20. The zero-order chi connectivity index (χ0) is 17.8. The van der Waals surface area contributed by atoms with Crippen LogP contribution < -0.4 is 11.1 Å². The maximum Gasteiger partial charge on any atom is 0.193 e. The van der Waals surface area contributed by atoms with Crippen molar-refractivity contribution in [3.8, 4) is 0 Å². The summed E-state index contributed by atoms with van der Waals surface area (Å²) in [6, 6.07) is 14.0. The molecule has 0 bridgehead atoms. The van der Waals surface area contributed by atoms with Crippen molar-refractivity contribution < 1.29 is 4.21 Å². The van der Waals surface area contributed by atoms with Gasteiger partial charge >= 0.3 is 0 Å². The SMILES string of the molecule is CC(N=C(N)Nc1cccc2c1CCCC2)c1ccc(S(C)=O)cc1. The van der Waals surface area contributed by atoms with Gasteiger partial charge < -0.3 is 11.1 Å². The third kappa shape index (κ3) is 4.28. The lowest BCUT2D eigenvalue weighted by Crippen LogP contribution is -2.24.